The van der Waals surface area contributed by atoms with Crippen LogP contribution in [0.3, 0.4) is 0 Å². The van der Waals surface area contributed by atoms with Crippen LogP contribution in [0.25, 0.3) is 0 Å². The van der Waals surface area contributed by atoms with Crippen LogP contribution in [0.4, 0.5) is 5.69 Å². The molecule has 4 aromatic carbocycles. The fourth-order valence-corrected chi connectivity index (χ4v) is 7.07. The molecule has 2 amide bonds. The molecule has 9 heteroatoms. The van der Waals surface area contributed by atoms with Gasteiger partial charge in [-0.25, -0.2) is 4.90 Å². The van der Waals surface area contributed by atoms with Gasteiger partial charge in [-0.15, -0.1) is 0 Å². The third-order valence-corrected chi connectivity index (χ3v) is 10.1. The van der Waals surface area contributed by atoms with Crippen LogP contribution in [0.5, 0.6) is 0 Å². The van der Waals surface area contributed by atoms with Crippen LogP contribution in [0.15, 0.2) is 97.1 Å². The van der Waals surface area contributed by atoms with Crippen molar-refractivity contribution in [3.63, 3.8) is 0 Å². The Bertz CT molecular complexity index is 1720. The fourth-order valence-electron chi connectivity index (χ4n) is 6.94. The van der Waals surface area contributed by atoms with Gasteiger partial charge in [0.25, 0.3) is 11.8 Å². The minimum atomic E-state index is -0.899. The van der Waals surface area contributed by atoms with E-state index in [4.69, 9.17) is 21.1 Å². The molecule has 2 saturated heterocycles. The molecule has 0 unspecified atom stereocenters. The second-order valence-corrected chi connectivity index (χ2v) is 13.2. The van der Waals surface area contributed by atoms with Crippen molar-refractivity contribution in [1.82, 2.24) is 4.90 Å². The summed E-state index contributed by atoms with van der Waals surface area (Å²) in [5, 5.41) is 21.7. The molecule has 3 aliphatic rings. The van der Waals surface area contributed by atoms with Gasteiger partial charge in [-0.1, -0.05) is 79.2 Å². The largest absolute Gasteiger partial charge is 0.392 e. The number of hydrogen-bond acceptors (Lipinski definition) is 7. The van der Waals surface area contributed by atoms with Crippen LogP contribution in [-0.4, -0.2) is 52.7 Å². The van der Waals surface area contributed by atoms with E-state index in [2.05, 4.69) is 11.8 Å². The van der Waals surface area contributed by atoms with Gasteiger partial charge in [0.1, 0.15) is 0 Å². The molecule has 0 radical (unpaired) electrons. The van der Waals surface area contributed by atoms with Gasteiger partial charge >= 0.3 is 0 Å². The average Bonchev–Trinajstić information content (AvgIpc) is 3.36. The van der Waals surface area contributed by atoms with Crippen molar-refractivity contribution in [1.29, 1.82) is 0 Å². The van der Waals surface area contributed by atoms with Crippen molar-refractivity contribution in [3.8, 4) is 0 Å². The first-order valence-corrected chi connectivity index (χ1v) is 16.4. The molecular weight excluding hydrogens is 616 g/mol. The molecule has 0 bridgehead atoms. The van der Waals surface area contributed by atoms with Gasteiger partial charge in [0.05, 0.1) is 41.2 Å². The Morgan fingerprint density at radius 1 is 0.809 bits per heavy atom. The van der Waals surface area contributed by atoms with Crippen molar-refractivity contribution in [2.24, 2.45) is 5.92 Å². The quantitative estimate of drug-likeness (QED) is 0.223. The maximum absolute atomic E-state index is 13.1. The molecule has 2 N–H and O–H groups in total. The lowest BCUT2D eigenvalue weighted by molar-refractivity contribution is -0.277. The molecule has 0 spiro atoms. The summed E-state index contributed by atoms with van der Waals surface area (Å²) < 4.78 is 13.3. The molecule has 0 saturated carbocycles. The number of fused-ring (bicyclic) bond motifs is 1. The number of carbonyl (C=O) groups is 2. The molecule has 0 aliphatic carbocycles. The summed E-state index contributed by atoms with van der Waals surface area (Å²) >= 11 is 6.08. The van der Waals surface area contributed by atoms with Gasteiger partial charge in [0.2, 0.25) is 0 Å². The van der Waals surface area contributed by atoms with E-state index in [1.807, 2.05) is 60.7 Å². The van der Waals surface area contributed by atoms with Crippen LogP contribution in [0.1, 0.15) is 75.1 Å². The highest BCUT2D eigenvalue weighted by atomic mass is 35.5. The van der Waals surface area contributed by atoms with Crippen molar-refractivity contribution in [2.75, 3.05) is 24.5 Å². The lowest BCUT2D eigenvalue weighted by Gasteiger charge is -2.45. The van der Waals surface area contributed by atoms with E-state index in [9.17, 15) is 19.8 Å². The number of nitrogens with zero attached hydrogens (tertiary/aromatic N) is 2. The maximum Gasteiger partial charge on any atom is 0.266 e. The van der Waals surface area contributed by atoms with Gasteiger partial charge in [-0.2, -0.15) is 0 Å². The molecular formula is C38H37ClN2O6. The first-order chi connectivity index (χ1) is 22.7. The summed E-state index contributed by atoms with van der Waals surface area (Å²) in [5.41, 5.74) is 3.86. The van der Waals surface area contributed by atoms with Gasteiger partial charge < -0.3 is 24.6 Å². The Labute approximate surface area is 279 Å². The molecule has 3 aliphatic heterocycles. The number of piperidine rings is 1. The van der Waals surface area contributed by atoms with Gasteiger partial charge in [-0.3, -0.25) is 9.59 Å². The van der Waals surface area contributed by atoms with E-state index in [0.29, 0.717) is 54.3 Å². The van der Waals surface area contributed by atoms with Crippen molar-refractivity contribution < 1.29 is 29.3 Å². The first kappa shape index (κ1) is 31.7. The lowest BCUT2D eigenvalue weighted by Crippen LogP contribution is -2.49. The third-order valence-electron chi connectivity index (χ3n) is 9.84. The zero-order chi connectivity index (χ0) is 32.7. The van der Waals surface area contributed by atoms with E-state index in [1.54, 1.807) is 36.4 Å². The van der Waals surface area contributed by atoms with Crippen LogP contribution in [-0.2, 0) is 21.7 Å². The molecule has 3 heterocycles. The number of hydrogen-bond donors (Lipinski definition) is 2. The van der Waals surface area contributed by atoms with Crippen molar-refractivity contribution in [3.05, 3.63) is 135 Å². The second-order valence-electron chi connectivity index (χ2n) is 12.7. The minimum absolute atomic E-state index is 0.000854. The van der Waals surface area contributed by atoms with Crippen LogP contribution >= 0.6 is 11.6 Å². The molecule has 7 rings (SSSR count). The predicted octanol–water partition coefficient (Wildman–Crippen LogP) is 6.41. The Kier molecular flexibility index (Phi) is 8.74. The third kappa shape index (κ3) is 6.13. The number of likely N-dealkylation sites (tertiary alicyclic amines) is 1. The number of amides is 2. The molecule has 47 heavy (non-hydrogen) atoms. The topological polar surface area (TPSA) is 99.5 Å². The molecule has 4 aromatic rings. The lowest BCUT2D eigenvalue weighted by atomic mass is 9.84. The second kappa shape index (κ2) is 13.0. The van der Waals surface area contributed by atoms with E-state index < -0.39 is 11.9 Å². The monoisotopic (exact) mass is 652 g/mol. The fraction of sp³-hybridized carbons (Fsp3) is 0.316. The molecule has 0 aromatic heterocycles. The number of carbonyl (C=O) groups excluding carboxylic acids is 2. The number of imide groups is 1. The van der Waals surface area contributed by atoms with E-state index >= 15 is 0 Å². The van der Waals surface area contributed by atoms with Gasteiger partial charge in [0.15, 0.2) is 6.29 Å². The Morgan fingerprint density at radius 3 is 2.00 bits per heavy atom. The van der Waals surface area contributed by atoms with Crippen molar-refractivity contribution in [2.45, 2.75) is 50.5 Å². The number of ether oxygens (including phenoxy) is 2. The molecule has 2 fully saturated rings. The average molecular weight is 653 g/mol. The number of halogens is 1. The highest BCUT2D eigenvalue weighted by Gasteiger charge is 2.42. The number of anilines is 1. The summed E-state index contributed by atoms with van der Waals surface area (Å²) in [6.45, 7) is 4.18. The van der Waals surface area contributed by atoms with E-state index in [-0.39, 0.29) is 36.5 Å². The maximum atomic E-state index is 13.1. The summed E-state index contributed by atoms with van der Waals surface area (Å²) in [7, 11) is 0. The summed E-state index contributed by atoms with van der Waals surface area (Å²) in [4.78, 5) is 29.7. The highest BCUT2D eigenvalue weighted by Crippen LogP contribution is 2.43. The highest BCUT2D eigenvalue weighted by molar-refractivity contribution is 6.34. The first-order valence-electron chi connectivity index (χ1n) is 16.0. The number of benzene rings is 4. The van der Waals surface area contributed by atoms with Gasteiger partial charge in [-0.05, 0) is 65.9 Å². The smallest absolute Gasteiger partial charge is 0.266 e. The molecule has 242 valence electrons. The van der Waals surface area contributed by atoms with Crippen molar-refractivity contribution >= 4 is 29.1 Å². The standard InChI is InChI=1S/C38H37ClN2O6/c1-24-33(22-40-20-18-38(45,19-21-40)28-12-14-29(39)15-13-28)46-37(47-34(24)26-8-6-25(23-42)7-9-26)27-10-16-30(17-11-27)41-35(43)31-4-2-3-5-32(31)36(41)44/h2-17,24,33-34,37,42,45H,18-23H2,1H3/t24-,33+,34+,37+/m0/s1. The van der Waals surface area contributed by atoms with E-state index in [0.717, 1.165) is 22.3 Å². The van der Waals surface area contributed by atoms with Crippen LogP contribution in [0, 0.1) is 5.92 Å². The normalized spacial score (nSPS) is 24.4. The van der Waals surface area contributed by atoms with Crippen LogP contribution in [0.2, 0.25) is 5.02 Å². The predicted molar refractivity (Wildman–Crippen MR) is 178 cm³/mol. The number of aliphatic hydroxyl groups excluding tert-OH is 1. The summed E-state index contributed by atoms with van der Waals surface area (Å²) in [6.07, 6.45) is 0.0416. The number of rotatable bonds is 7. The summed E-state index contributed by atoms with van der Waals surface area (Å²) in [5.74, 6) is -0.678. The Morgan fingerprint density at radius 2 is 1.40 bits per heavy atom. The Balaban J connectivity index is 1.10. The molecule has 4 atom stereocenters. The van der Waals surface area contributed by atoms with E-state index in [1.165, 1.54) is 4.90 Å². The molecule has 8 nitrogen and oxygen atoms in total. The SMILES string of the molecule is C[C@H]1[C@@H](CN2CCC(O)(c3ccc(Cl)cc3)CC2)O[C@@H](c2ccc(N3C(=O)c4ccccc4C3=O)cc2)O[C@H]1c1ccc(CO)cc1. The zero-order valence-corrected chi connectivity index (χ0v) is 26.8. The summed E-state index contributed by atoms with van der Waals surface area (Å²) in [6, 6.07) is 29.3. The minimum Gasteiger partial charge on any atom is -0.392 e. The number of aliphatic hydroxyl groups is 2. The van der Waals surface area contributed by atoms with Gasteiger partial charge in [0, 0.05) is 36.1 Å². The van der Waals surface area contributed by atoms with Crippen LogP contribution < -0.4 is 4.90 Å². The Hall–Kier alpha value is -3.89. The zero-order valence-electron chi connectivity index (χ0n) is 26.1.